The van der Waals surface area contributed by atoms with Crippen LogP contribution in [0.3, 0.4) is 0 Å². The lowest BCUT2D eigenvalue weighted by molar-refractivity contribution is -0.141. The fourth-order valence-corrected chi connectivity index (χ4v) is 0.778. The molecule has 1 rings (SSSR count). The third-order valence-electron chi connectivity index (χ3n) is 1.02. The first-order valence-corrected chi connectivity index (χ1v) is 3.48. The molecule has 0 N–H and O–H groups in total. The minimum atomic E-state index is -4.35. The van der Waals surface area contributed by atoms with Crippen LogP contribution in [0.15, 0.2) is 22.8 Å². The van der Waals surface area contributed by atoms with Gasteiger partial charge in [-0.3, -0.25) is 4.98 Å². The maximum atomic E-state index is 11.8. The summed E-state index contributed by atoms with van der Waals surface area (Å²) in [5.41, 5.74) is -0.874. The monoisotopic (exact) mass is 261 g/mol. The zero-order chi connectivity index (χ0) is 8.48. The van der Waals surface area contributed by atoms with Gasteiger partial charge in [0.2, 0.25) is 0 Å². The maximum absolute atomic E-state index is 11.8. The van der Waals surface area contributed by atoms with Gasteiger partial charge in [0.25, 0.3) is 0 Å². The van der Waals surface area contributed by atoms with Gasteiger partial charge in [-0.05, 0) is 28.1 Å². The Morgan fingerprint density at radius 3 is 2.17 bits per heavy atom. The van der Waals surface area contributed by atoms with Crippen molar-refractivity contribution in [3.05, 3.63) is 28.5 Å². The summed E-state index contributed by atoms with van der Waals surface area (Å²) in [6, 6.07) is 2.22. The molecule has 6 heteroatoms. The molecule has 0 atom stereocenters. The van der Waals surface area contributed by atoms with Crippen LogP contribution in [-0.4, -0.2) is 4.98 Å². The number of alkyl halides is 3. The van der Waals surface area contributed by atoms with E-state index < -0.39 is 11.9 Å². The molecule has 0 saturated heterocycles. The summed E-state index contributed by atoms with van der Waals surface area (Å²) in [5.74, 6) is 0. The first-order valence-electron chi connectivity index (χ1n) is 2.69. The van der Waals surface area contributed by atoms with Crippen LogP contribution >= 0.6 is 28.3 Å². The standard InChI is InChI=1S/C6H3BrF3N.ClH/c7-4-1-2-5(11-3-4)6(8,9)10;/h1-3H;1H. The normalized spacial score (nSPS) is 10.7. The Bertz CT molecular complexity index is 246. The van der Waals surface area contributed by atoms with E-state index in [-0.39, 0.29) is 12.4 Å². The molecule has 0 fully saturated rings. The molecule has 0 unspecified atom stereocenters. The first kappa shape index (κ1) is 11.7. The highest BCUT2D eigenvalue weighted by atomic mass is 79.9. The first-order chi connectivity index (χ1) is 5.00. The Kier molecular flexibility index (Phi) is 3.99. The van der Waals surface area contributed by atoms with Crippen LogP contribution in [0.1, 0.15) is 5.69 Å². The van der Waals surface area contributed by atoms with E-state index in [4.69, 9.17) is 0 Å². The van der Waals surface area contributed by atoms with Gasteiger partial charge in [0, 0.05) is 10.7 Å². The van der Waals surface area contributed by atoms with Crippen molar-refractivity contribution in [3.8, 4) is 0 Å². The lowest BCUT2D eigenvalue weighted by atomic mass is 10.3. The molecule has 12 heavy (non-hydrogen) atoms. The van der Waals surface area contributed by atoms with Crippen LogP contribution in [0.4, 0.5) is 13.2 Å². The molecule has 0 radical (unpaired) electrons. The lowest BCUT2D eigenvalue weighted by Crippen LogP contribution is -2.06. The molecule has 0 amide bonds. The molecule has 0 aliphatic heterocycles. The second-order valence-electron chi connectivity index (χ2n) is 1.86. The van der Waals surface area contributed by atoms with Gasteiger partial charge >= 0.3 is 6.18 Å². The van der Waals surface area contributed by atoms with Gasteiger partial charge in [-0.2, -0.15) is 13.2 Å². The third kappa shape index (κ3) is 2.98. The molecule has 0 aromatic carbocycles. The fraction of sp³-hybridized carbons (Fsp3) is 0.167. The summed E-state index contributed by atoms with van der Waals surface area (Å²) < 4.78 is 36.1. The Labute approximate surface area is 81.5 Å². The van der Waals surface area contributed by atoms with Crippen molar-refractivity contribution >= 4 is 28.3 Å². The quantitative estimate of drug-likeness (QED) is 0.699. The topological polar surface area (TPSA) is 12.9 Å². The molecular formula is C6H4BrClF3N. The molecule has 1 heterocycles. The predicted molar refractivity (Wildman–Crippen MR) is 44.2 cm³/mol. The molecule has 0 aliphatic carbocycles. The predicted octanol–water partition coefficient (Wildman–Crippen LogP) is 3.28. The molecule has 1 nitrogen and oxygen atoms in total. The minimum absolute atomic E-state index is 0. The second-order valence-corrected chi connectivity index (χ2v) is 2.78. The average Bonchev–Trinajstić information content (AvgIpc) is 1.86. The van der Waals surface area contributed by atoms with Crippen LogP contribution in [0.25, 0.3) is 0 Å². The van der Waals surface area contributed by atoms with Crippen molar-refractivity contribution in [2.24, 2.45) is 0 Å². The molecular weight excluding hydrogens is 258 g/mol. The van der Waals surface area contributed by atoms with Crippen LogP contribution in [0.2, 0.25) is 0 Å². The molecule has 1 aromatic rings. The smallest absolute Gasteiger partial charge is 0.251 e. The molecule has 68 valence electrons. The highest BCUT2D eigenvalue weighted by Gasteiger charge is 2.31. The Morgan fingerprint density at radius 1 is 1.25 bits per heavy atom. The number of halogens is 5. The van der Waals surface area contributed by atoms with Gasteiger partial charge in [0.05, 0.1) is 0 Å². The van der Waals surface area contributed by atoms with Crippen molar-refractivity contribution in [2.45, 2.75) is 6.18 Å². The highest BCUT2D eigenvalue weighted by molar-refractivity contribution is 9.10. The Balaban J connectivity index is 0.00000121. The molecule has 0 aliphatic rings. The molecule has 1 aromatic heterocycles. The Morgan fingerprint density at radius 2 is 1.83 bits per heavy atom. The second kappa shape index (κ2) is 4.09. The summed E-state index contributed by atoms with van der Waals surface area (Å²) in [6.45, 7) is 0. The van der Waals surface area contributed by atoms with E-state index in [1.807, 2.05) is 0 Å². The Hall–Kier alpha value is -0.290. The largest absolute Gasteiger partial charge is 0.433 e. The van der Waals surface area contributed by atoms with Crippen molar-refractivity contribution in [2.75, 3.05) is 0 Å². The van der Waals surface area contributed by atoms with Gasteiger partial charge in [0.1, 0.15) is 5.69 Å². The van der Waals surface area contributed by atoms with Gasteiger partial charge in [-0.25, -0.2) is 0 Å². The van der Waals surface area contributed by atoms with E-state index in [1.165, 1.54) is 6.07 Å². The lowest BCUT2D eigenvalue weighted by Gasteiger charge is -2.03. The van der Waals surface area contributed by atoms with E-state index in [0.29, 0.717) is 4.47 Å². The highest BCUT2D eigenvalue weighted by Crippen LogP contribution is 2.27. The van der Waals surface area contributed by atoms with E-state index in [1.54, 1.807) is 0 Å². The summed E-state index contributed by atoms with van der Waals surface area (Å²) >= 11 is 2.98. The maximum Gasteiger partial charge on any atom is 0.433 e. The zero-order valence-electron chi connectivity index (χ0n) is 5.60. The van der Waals surface area contributed by atoms with Gasteiger partial charge in [-0.1, -0.05) is 0 Å². The van der Waals surface area contributed by atoms with E-state index in [9.17, 15) is 13.2 Å². The fourth-order valence-electron chi connectivity index (χ4n) is 0.544. The third-order valence-corrected chi connectivity index (χ3v) is 1.49. The summed E-state index contributed by atoms with van der Waals surface area (Å²) in [6.07, 6.45) is -3.23. The summed E-state index contributed by atoms with van der Waals surface area (Å²) in [7, 11) is 0. The number of pyridine rings is 1. The van der Waals surface area contributed by atoms with E-state index in [0.717, 1.165) is 12.3 Å². The van der Waals surface area contributed by atoms with Gasteiger partial charge < -0.3 is 0 Å². The number of hydrogen-bond acceptors (Lipinski definition) is 1. The summed E-state index contributed by atoms with van der Waals surface area (Å²) in [5, 5.41) is 0. The summed E-state index contributed by atoms with van der Waals surface area (Å²) in [4.78, 5) is 3.18. The zero-order valence-corrected chi connectivity index (χ0v) is 8.00. The van der Waals surface area contributed by atoms with Crippen LogP contribution in [-0.2, 0) is 6.18 Å². The van der Waals surface area contributed by atoms with Crippen molar-refractivity contribution in [3.63, 3.8) is 0 Å². The molecule has 0 bridgehead atoms. The van der Waals surface area contributed by atoms with E-state index in [2.05, 4.69) is 20.9 Å². The molecule has 0 saturated carbocycles. The van der Waals surface area contributed by atoms with Crippen molar-refractivity contribution < 1.29 is 13.2 Å². The number of aromatic nitrogens is 1. The average molecular weight is 262 g/mol. The molecule has 0 spiro atoms. The minimum Gasteiger partial charge on any atom is -0.251 e. The van der Waals surface area contributed by atoms with Crippen LogP contribution < -0.4 is 0 Å². The van der Waals surface area contributed by atoms with Crippen LogP contribution in [0.5, 0.6) is 0 Å². The van der Waals surface area contributed by atoms with Gasteiger partial charge in [0.15, 0.2) is 0 Å². The van der Waals surface area contributed by atoms with Crippen molar-refractivity contribution in [1.29, 1.82) is 0 Å². The van der Waals surface area contributed by atoms with Gasteiger partial charge in [-0.15, -0.1) is 12.4 Å². The number of nitrogens with zero attached hydrogens (tertiary/aromatic N) is 1. The van der Waals surface area contributed by atoms with Crippen LogP contribution in [0, 0.1) is 0 Å². The number of rotatable bonds is 0. The van der Waals surface area contributed by atoms with Crippen molar-refractivity contribution in [1.82, 2.24) is 4.98 Å². The van der Waals surface area contributed by atoms with E-state index >= 15 is 0 Å². The number of hydrogen-bond donors (Lipinski definition) is 0. The SMILES string of the molecule is Cl.FC(F)(F)c1ccc(Br)cn1.